The van der Waals surface area contributed by atoms with Gasteiger partial charge in [0.25, 0.3) is 0 Å². The van der Waals surface area contributed by atoms with Crippen LogP contribution in [0.2, 0.25) is 0 Å². The summed E-state index contributed by atoms with van der Waals surface area (Å²) >= 11 is 0. The molecule has 0 radical (unpaired) electrons. The highest BCUT2D eigenvalue weighted by atomic mass is 15.3. The molecule has 10 rings (SSSR count). The molecule has 1 heteroatoms. The molecule has 0 aromatic heterocycles. The molecule has 1 fully saturated rings. The molecule has 2 atom stereocenters. The van der Waals surface area contributed by atoms with E-state index in [0.717, 1.165) is 0 Å². The Balaban J connectivity index is 1.11. The lowest BCUT2D eigenvalue weighted by atomic mass is 9.61. The maximum absolute atomic E-state index is 2.66. The van der Waals surface area contributed by atoms with Gasteiger partial charge < -0.3 is 4.90 Å². The monoisotopic (exact) mass is 655 g/mol. The van der Waals surface area contributed by atoms with Crippen molar-refractivity contribution in [2.24, 2.45) is 0 Å². The molecule has 0 N–H and O–H groups in total. The molecule has 1 aliphatic carbocycles. The number of benzene rings is 8. The van der Waals surface area contributed by atoms with Gasteiger partial charge in [0, 0.05) is 16.8 Å². The number of fused-ring (bicyclic) bond motifs is 6. The molecule has 8 aromatic carbocycles. The first kappa shape index (κ1) is 30.2. The van der Waals surface area contributed by atoms with Crippen LogP contribution in [-0.4, -0.2) is 5.54 Å². The zero-order valence-corrected chi connectivity index (χ0v) is 29.4. The van der Waals surface area contributed by atoms with Crippen LogP contribution in [0.25, 0.3) is 65.7 Å². The molecule has 2 aliphatic rings. The Morgan fingerprint density at radius 1 is 0.451 bits per heavy atom. The average molecular weight is 656 g/mol. The fourth-order valence-electron chi connectivity index (χ4n) is 9.90. The number of hydrogen-bond acceptors (Lipinski definition) is 1. The van der Waals surface area contributed by atoms with E-state index in [1.165, 1.54) is 108 Å². The maximum Gasteiger partial charge on any atom is 0.0517 e. The zero-order chi connectivity index (χ0) is 34.2. The summed E-state index contributed by atoms with van der Waals surface area (Å²) in [5.74, 6) is 0. The van der Waals surface area contributed by atoms with E-state index in [1.54, 1.807) is 0 Å². The molecule has 2 unspecified atom stereocenters. The first-order valence-corrected chi connectivity index (χ1v) is 18.6. The van der Waals surface area contributed by atoms with Crippen LogP contribution in [0.1, 0.15) is 45.1 Å². The van der Waals surface area contributed by atoms with E-state index < -0.39 is 0 Å². The third kappa shape index (κ3) is 4.40. The third-order valence-corrected chi connectivity index (χ3v) is 12.6. The van der Waals surface area contributed by atoms with Crippen LogP contribution in [0.3, 0.4) is 0 Å². The first-order valence-electron chi connectivity index (χ1n) is 18.6. The van der Waals surface area contributed by atoms with Crippen molar-refractivity contribution in [3.63, 3.8) is 0 Å². The Bertz CT molecular complexity index is 2550. The number of nitrogens with zero attached hydrogens (tertiary/aromatic N) is 1. The molecule has 8 aromatic rings. The highest BCUT2D eigenvalue weighted by molar-refractivity contribution is 6.23. The summed E-state index contributed by atoms with van der Waals surface area (Å²) in [5.41, 5.74) is 12.0. The number of para-hydroxylation sites is 1. The smallest absolute Gasteiger partial charge is 0.0517 e. The van der Waals surface area contributed by atoms with Gasteiger partial charge in [0.1, 0.15) is 0 Å². The standard InChI is InChI=1S/C50H41N/c1-49-31-12-13-32-50(49,2)51(38-17-4-3-5-18-38)46-30-29-37(33-45(46)49)34-25-27-36(28-26-34)47-41-20-8-10-22-43(41)48(44-23-11-9-21-42(44)47)40-24-14-16-35-15-6-7-19-39(35)40/h3-11,14-30,33H,12-13,31-32H2,1-2H3. The van der Waals surface area contributed by atoms with Crippen LogP contribution in [0.4, 0.5) is 11.4 Å². The van der Waals surface area contributed by atoms with Crippen molar-refractivity contribution in [3.8, 4) is 33.4 Å². The lowest BCUT2D eigenvalue weighted by Crippen LogP contribution is -2.54. The van der Waals surface area contributed by atoms with Gasteiger partial charge in [-0.05, 0) is 115 Å². The van der Waals surface area contributed by atoms with Crippen molar-refractivity contribution in [3.05, 3.63) is 169 Å². The Hall–Kier alpha value is -5.66. The number of hydrogen-bond donors (Lipinski definition) is 0. The van der Waals surface area contributed by atoms with E-state index in [4.69, 9.17) is 0 Å². The van der Waals surface area contributed by atoms with E-state index in [2.05, 4.69) is 183 Å². The predicted octanol–water partition coefficient (Wildman–Crippen LogP) is 13.9. The lowest BCUT2D eigenvalue weighted by molar-refractivity contribution is 0.195. The highest BCUT2D eigenvalue weighted by Crippen LogP contribution is 2.61. The summed E-state index contributed by atoms with van der Waals surface area (Å²) in [6.45, 7) is 5.03. The zero-order valence-electron chi connectivity index (χ0n) is 29.4. The Morgan fingerprint density at radius 3 is 1.71 bits per heavy atom. The maximum atomic E-state index is 2.66. The quantitative estimate of drug-likeness (QED) is 0.171. The lowest BCUT2D eigenvalue weighted by Gasteiger charge is -2.50. The SMILES string of the molecule is CC12CCCCC1(C)N(c1ccccc1)c1ccc(-c3ccc(-c4c5ccccc5c(-c5cccc6ccccc56)c5ccccc45)cc3)cc12. The summed E-state index contributed by atoms with van der Waals surface area (Å²) in [6.07, 6.45) is 4.99. The Morgan fingerprint density at radius 2 is 1.00 bits per heavy atom. The number of anilines is 2. The molecule has 0 amide bonds. The van der Waals surface area contributed by atoms with E-state index in [9.17, 15) is 0 Å². The fraction of sp³-hybridized carbons (Fsp3) is 0.160. The van der Waals surface area contributed by atoms with Crippen LogP contribution < -0.4 is 4.90 Å². The van der Waals surface area contributed by atoms with Gasteiger partial charge in [-0.1, -0.05) is 159 Å². The third-order valence-electron chi connectivity index (χ3n) is 12.6. The molecule has 1 saturated carbocycles. The van der Waals surface area contributed by atoms with Gasteiger partial charge in [0.05, 0.1) is 5.54 Å². The summed E-state index contributed by atoms with van der Waals surface area (Å²) in [7, 11) is 0. The van der Waals surface area contributed by atoms with E-state index >= 15 is 0 Å². The summed E-state index contributed by atoms with van der Waals surface area (Å²) in [4.78, 5) is 2.66. The highest BCUT2D eigenvalue weighted by Gasteiger charge is 2.57. The van der Waals surface area contributed by atoms with Gasteiger partial charge >= 0.3 is 0 Å². The summed E-state index contributed by atoms with van der Waals surface area (Å²) in [5, 5.41) is 7.71. The van der Waals surface area contributed by atoms with Gasteiger partial charge in [-0.2, -0.15) is 0 Å². The second kappa shape index (κ2) is 11.4. The normalized spacial score (nSPS) is 19.8. The molecule has 51 heavy (non-hydrogen) atoms. The van der Waals surface area contributed by atoms with Crippen LogP contribution >= 0.6 is 0 Å². The van der Waals surface area contributed by atoms with Crippen molar-refractivity contribution in [1.82, 2.24) is 0 Å². The Kier molecular flexibility index (Phi) is 6.77. The van der Waals surface area contributed by atoms with Crippen molar-refractivity contribution in [2.45, 2.75) is 50.5 Å². The van der Waals surface area contributed by atoms with Crippen LogP contribution in [0.15, 0.2) is 164 Å². The molecule has 0 spiro atoms. The van der Waals surface area contributed by atoms with Crippen molar-refractivity contribution in [2.75, 3.05) is 4.90 Å². The van der Waals surface area contributed by atoms with E-state index in [0.29, 0.717) is 0 Å². The molecule has 0 saturated heterocycles. The van der Waals surface area contributed by atoms with Crippen molar-refractivity contribution >= 4 is 43.7 Å². The second-order valence-electron chi connectivity index (χ2n) is 15.2. The topological polar surface area (TPSA) is 3.24 Å². The molecule has 1 heterocycles. The molecule has 1 aliphatic heterocycles. The van der Waals surface area contributed by atoms with Gasteiger partial charge in [0.15, 0.2) is 0 Å². The minimum absolute atomic E-state index is 0.0533. The van der Waals surface area contributed by atoms with Gasteiger partial charge in [-0.3, -0.25) is 0 Å². The fourth-order valence-corrected chi connectivity index (χ4v) is 9.90. The molecular weight excluding hydrogens is 615 g/mol. The molecular formula is C50H41N. The second-order valence-corrected chi connectivity index (χ2v) is 15.2. The van der Waals surface area contributed by atoms with E-state index in [1.807, 2.05) is 0 Å². The first-order chi connectivity index (χ1) is 25.0. The number of rotatable bonds is 4. The van der Waals surface area contributed by atoms with E-state index in [-0.39, 0.29) is 11.0 Å². The van der Waals surface area contributed by atoms with Gasteiger partial charge in [0.2, 0.25) is 0 Å². The molecule has 0 bridgehead atoms. The molecule has 246 valence electrons. The summed E-state index contributed by atoms with van der Waals surface area (Å²) in [6, 6.07) is 61.1. The van der Waals surface area contributed by atoms with Crippen LogP contribution in [0, 0.1) is 0 Å². The molecule has 1 nitrogen and oxygen atoms in total. The van der Waals surface area contributed by atoms with Crippen LogP contribution in [0.5, 0.6) is 0 Å². The van der Waals surface area contributed by atoms with Crippen LogP contribution in [-0.2, 0) is 5.41 Å². The Labute approximate surface area is 300 Å². The predicted molar refractivity (Wildman–Crippen MR) is 218 cm³/mol. The van der Waals surface area contributed by atoms with Gasteiger partial charge in [-0.25, -0.2) is 0 Å². The summed E-state index contributed by atoms with van der Waals surface area (Å²) < 4.78 is 0. The van der Waals surface area contributed by atoms with Crippen molar-refractivity contribution in [1.29, 1.82) is 0 Å². The van der Waals surface area contributed by atoms with Crippen molar-refractivity contribution < 1.29 is 0 Å². The van der Waals surface area contributed by atoms with Gasteiger partial charge in [-0.15, -0.1) is 0 Å². The largest absolute Gasteiger partial charge is 0.334 e. The minimum atomic E-state index is 0.0533. The minimum Gasteiger partial charge on any atom is -0.334 e. The average Bonchev–Trinajstić information content (AvgIpc) is 3.39.